The third-order valence-corrected chi connectivity index (χ3v) is 4.89. The third-order valence-electron chi connectivity index (χ3n) is 4.45. The van der Waals surface area contributed by atoms with Crippen molar-refractivity contribution in [2.24, 2.45) is 0 Å². The van der Waals surface area contributed by atoms with Crippen LogP contribution in [0.15, 0.2) is 77.2 Å². The highest BCUT2D eigenvalue weighted by Crippen LogP contribution is 2.34. The second-order valence-electron chi connectivity index (χ2n) is 5.76. The molecule has 0 N–H and O–H groups in total. The van der Waals surface area contributed by atoms with E-state index < -0.39 is 0 Å². The molecule has 5 rings (SSSR count). The van der Waals surface area contributed by atoms with Gasteiger partial charge in [0, 0.05) is 21.5 Å². The van der Waals surface area contributed by atoms with Gasteiger partial charge in [-0.05, 0) is 22.9 Å². The van der Waals surface area contributed by atoms with E-state index in [9.17, 15) is 0 Å². The first kappa shape index (κ1) is 12.8. The van der Waals surface area contributed by atoms with Crippen molar-refractivity contribution in [3.8, 4) is 0 Å². The first-order chi connectivity index (χ1) is 11.3. The smallest absolute Gasteiger partial charge is 0.144 e. The molecule has 0 saturated heterocycles. The van der Waals surface area contributed by atoms with Gasteiger partial charge in [-0.3, -0.25) is 0 Å². The molecule has 0 radical (unpaired) electrons. The Balaban J connectivity index is 2.12. The van der Waals surface area contributed by atoms with E-state index >= 15 is 0 Å². The summed E-state index contributed by atoms with van der Waals surface area (Å²) in [5.41, 5.74) is 1.74. The summed E-state index contributed by atoms with van der Waals surface area (Å²) in [4.78, 5) is 0. The van der Waals surface area contributed by atoms with Crippen LogP contribution in [0.25, 0.3) is 43.5 Å². The minimum atomic E-state index is 0.859. The van der Waals surface area contributed by atoms with Crippen molar-refractivity contribution in [3.63, 3.8) is 0 Å². The molecule has 0 saturated carbocycles. The lowest BCUT2D eigenvalue weighted by atomic mass is 10.0. The fourth-order valence-corrected chi connectivity index (χ4v) is 3.63. The van der Waals surface area contributed by atoms with E-state index in [1.54, 1.807) is 0 Å². The molecule has 108 valence electrons. The first-order valence-electron chi connectivity index (χ1n) is 7.59. The van der Waals surface area contributed by atoms with Crippen LogP contribution in [-0.4, -0.2) is 0 Å². The van der Waals surface area contributed by atoms with Crippen LogP contribution in [0, 0.1) is 4.51 Å². The van der Waals surface area contributed by atoms with Gasteiger partial charge in [0.2, 0.25) is 0 Å². The molecule has 0 aliphatic carbocycles. The largest absolute Gasteiger partial charge is 0.455 e. The van der Waals surface area contributed by atoms with E-state index in [0.717, 1.165) is 48.0 Å². The predicted octanol–water partition coefficient (Wildman–Crippen LogP) is 6.62. The Kier molecular flexibility index (Phi) is 2.58. The fraction of sp³-hybridized carbons (Fsp3) is 0. The van der Waals surface area contributed by atoms with Crippen LogP contribution < -0.4 is 0 Å². The van der Waals surface area contributed by atoms with Gasteiger partial charge >= 0.3 is 0 Å². The van der Waals surface area contributed by atoms with Crippen LogP contribution in [0.2, 0.25) is 0 Å². The Hall–Kier alpha value is -2.71. The second-order valence-corrected chi connectivity index (χ2v) is 6.17. The molecule has 1 heterocycles. The van der Waals surface area contributed by atoms with Gasteiger partial charge in [0.15, 0.2) is 0 Å². The van der Waals surface area contributed by atoms with Crippen LogP contribution in [0.1, 0.15) is 0 Å². The number of hydrogen-bond acceptors (Lipinski definition) is 2. The van der Waals surface area contributed by atoms with E-state index in [2.05, 4.69) is 48.5 Å². The molecule has 4 aromatic carbocycles. The molecule has 0 aliphatic rings. The molecule has 5 aromatic rings. The quantitative estimate of drug-likeness (QED) is 0.181. The highest BCUT2D eigenvalue weighted by atomic mass is 32.1. The molecule has 2 heteroatoms. The molecule has 0 bridgehead atoms. The minimum Gasteiger partial charge on any atom is -0.455 e. The van der Waals surface area contributed by atoms with Crippen LogP contribution in [-0.2, 0) is 0 Å². The molecule has 0 amide bonds. The first-order valence-corrected chi connectivity index (χ1v) is 8.00. The summed E-state index contributed by atoms with van der Waals surface area (Å²) in [5, 5.41) is 6.54. The van der Waals surface area contributed by atoms with Crippen molar-refractivity contribution >= 4 is 55.7 Å². The number of benzene rings is 4. The highest BCUT2D eigenvalue weighted by molar-refractivity contribution is 7.72. The van der Waals surface area contributed by atoms with Crippen molar-refractivity contribution in [3.05, 3.63) is 77.3 Å². The van der Waals surface area contributed by atoms with Crippen molar-refractivity contribution in [2.75, 3.05) is 0 Å². The normalized spacial score (nSPS) is 11.7. The monoisotopic (exact) mass is 312 g/mol. The van der Waals surface area contributed by atoms with Gasteiger partial charge in [0.25, 0.3) is 0 Å². The van der Waals surface area contributed by atoms with Gasteiger partial charge in [-0.25, -0.2) is 0 Å². The van der Waals surface area contributed by atoms with E-state index in [1.807, 2.05) is 24.3 Å². The molecule has 1 aromatic heterocycles. The lowest BCUT2D eigenvalue weighted by Crippen LogP contribution is -1.83. The van der Waals surface area contributed by atoms with Crippen molar-refractivity contribution in [1.29, 1.82) is 0 Å². The molecule has 0 spiro atoms. The second kappa shape index (κ2) is 4.64. The summed E-state index contributed by atoms with van der Waals surface area (Å²) in [6.45, 7) is 0. The zero-order chi connectivity index (χ0) is 15.4. The van der Waals surface area contributed by atoms with Crippen molar-refractivity contribution in [2.45, 2.75) is 0 Å². The Morgan fingerprint density at radius 1 is 0.522 bits per heavy atom. The maximum Gasteiger partial charge on any atom is 0.144 e. The number of fused-ring (bicyclic) bond motifs is 6. The summed E-state index contributed by atoms with van der Waals surface area (Å²) in [7, 11) is 0. The standard InChI is InChI=1S/C21H12OS/c23-21-17-11-9-13-5-1-3-7-15(13)19(17)22-20-16-8-4-2-6-14(16)10-12-18(20)21/h1-12H. The topological polar surface area (TPSA) is 13.1 Å². The molecule has 0 aliphatic heterocycles. The molecule has 0 fully saturated rings. The Morgan fingerprint density at radius 2 is 1.00 bits per heavy atom. The van der Waals surface area contributed by atoms with Crippen LogP contribution in [0.3, 0.4) is 0 Å². The molecule has 1 nitrogen and oxygen atoms in total. The van der Waals surface area contributed by atoms with E-state index in [1.165, 1.54) is 0 Å². The van der Waals surface area contributed by atoms with Crippen LogP contribution in [0.4, 0.5) is 0 Å². The maximum absolute atomic E-state index is 6.39. The van der Waals surface area contributed by atoms with Gasteiger partial charge < -0.3 is 4.42 Å². The number of rotatable bonds is 0. The van der Waals surface area contributed by atoms with E-state index in [0.29, 0.717) is 0 Å². The van der Waals surface area contributed by atoms with Gasteiger partial charge in [-0.15, -0.1) is 0 Å². The Bertz CT molecular complexity index is 1180. The zero-order valence-electron chi connectivity index (χ0n) is 12.2. The van der Waals surface area contributed by atoms with Gasteiger partial charge in [0.05, 0.1) is 4.51 Å². The summed E-state index contributed by atoms with van der Waals surface area (Å²) < 4.78 is 7.25. The van der Waals surface area contributed by atoms with Crippen molar-refractivity contribution in [1.82, 2.24) is 0 Å². The fourth-order valence-electron chi connectivity index (χ4n) is 3.31. The predicted molar refractivity (Wildman–Crippen MR) is 99.6 cm³/mol. The van der Waals surface area contributed by atoms with Crippen LogP contribution in [0.5, 0.6) is 0 Å². The molecular weight excluding hydrogens is 300 g/mol. The van der Waals surface area contributed by atoms with Gasteiger partial charge in [0.1, 0.15) is 11.2 Å². The highest BCUT2D eigenvalue weighted by Gasteiger charge is 2.10. The molecule has 0 unspecified atom stereocenters. The SMILES string of the molecule is S=c1c2ccc3ccccc3c2oc2c1ccc1ccccc12. The minimum absolute atomic E-state index is 0.859. The lowest BCUT2D eigenvalue weighted by Gasteiger charge is -2.08. The van der Waals surface area contributed by atoms with Gasteiger partial charge in [-0.1, -0.05) is 72.9 Å². The Labute approximate surface area is 137 Å². The summed E-state index contributed by atoms with van der Waals surface area (Å²) in [5.74, 6) is 0. The van der Waals surface area contributed by atoms with Gasteiger partial charge in [-0.2, -0.15) is 0 Å². The summed E-state index contributed by atoms with van der Waals surface area (Å²) >= 11 is 5.76. The molecular formula is C21H12OS. The van der Waals surface area contributed by atoms with Crippen LogP contribution >= 0.6 is 12.2 Å². The lowest BCUT2D eigenvalue weighted by molar-refractivity contribution is 0.668. The average molecular weight is 312 g/mol. The summed E-state index contributed by atoms with van der Waals surface area (Å²) in [6.07, 6.45) is 0. The van der Waals surface area contributed by atoms with Crippen molar-refractivity contribution < 1.29 is 4.42 Å². The molecule has 23 heavy (non-hydrogen) atoms. The summed E-state index contributed by atoms with van der Waals surface area (Å²) in [6, 6.07) is 24.9. The Morgan fingerprint density at radius 3 is 1.52 bits per heavy atom. The number of hydrogen-bond donors (Lipinski definition) is 0. The van der Waals surface area contributed by atoms with E-state index in [-0.39, 0.29) is 0 Å². The third kappa shape index (κ3) is 1.76. The maximum atomic E-state index is 6.39. The van der Waals surface area contributed by atoms with E-state index in [4.69, 9.17) is 16.6 Å². The zero-order valence-corrected chi connectivity index (χ0v) is 13.1. The average Bonchev–Trinajstić information content (AvgIpc) is 2.61. The molecule has 0 atom stereocenters.